The summed E-state index contributed by atoms with van der Waals surface area (Å²) in [6.07, 6.45) is 3.83. The molecule has 0 saturated heterocycles. The Balaban J connectivity index is 2.01. The third kappa shape index (κ3) is 1.87. The van der Waals surface area contributed by atoms with Gasteiger partial charge in [0.15, 0.2) is 0 Å². The van der Waals surface area contributed by atoms with Gasteiger partial charge in [0, 0.05) is 10.6 Å². The predicted octanol–water partition coefficient (Wildman–Crippen LogP) is 2.51. The van der Waals surface area contributed by atoms with Crippen LogP contribution in [0.15, 0.2) is 41.0 Å². The van der Waals surface area contributed by atoms with Gasteiger partial charge in [-0.3, -0.25) is 4.79 Å². The Kier molecular flexibility index (Phi) is 2.48. The summed E-state index contributed by atoms with van der Waals surface area (Å²) in [4.78, 5) is 16.4. The zero-order chi connectivity index (χ0) is 11.8. The van der Waals surface area contributed by atoms with E-state index in [-0.39, 0.29) is 11.8 Å². The van der Waals surface area contributed by atoms with Gasteiger partial charge in [0.1, 0.15) is 5.84 Å². The number of rotatable bonds is 1. The molecule has 2 aliphatic rings. The van der Waals surface area contributed by atoms with Crippen LogP contribution < -0.4 is 5.32 Å². The summed E-state index contributed by atoms with van der Waals surface area (Å²) < 4.78 is 0. The minimum absolute atomic E-state index is 0.0405. The molecule has 0 bridgehead atoms. The average Bonchev–Trinajstić information content (AvgIpc) is 2.77. The summed E-state index contributed by atoms with van der Waals surface area (Å²) in [5, 5.41) is 3.48. The lowest BCUT2D eigenvalue weighted by Gasteiger charge is -2.20. The van der Waals surface area contributed by atoms with Gasteiger partial charge in [-0.05, 0) is 25.0 Å². The van der Waals surface area contributed by atoms with Crippen LogP contribution in [0.1, 0.15) is 18.4 Å². The highest BCUT2D eigenvalue weighted by Gasteiger charge is 2.31. The van der Waals surface area contributed by atoms with E-state index in [1.165, 1.54) is 0 Å². The van der Waals surface area contributed by atoms with Gasteiger partial charge >= 0.3 is 0 Å². The first kappa shape index (κ1) is 10.5. The summed E-state index contributed by atoms with van der Waals surface area (Å²) in [6.45, 7) is 0. The number of amides is 1. The van der Waals surface area contributed by atoms with Crippen molar-refractivity contribution in [3.8, 4) is 0 Å². The second-order valence-electron chi connectivity index (χ2n) is 4.22. The van der Waals surface area contributed by atoms with E-state index in [0.717, 1.165) is 24.1 Å². The zero-order valence-electron chi connectivity index (χ0n) is 9.11. The SMILES string of the molecule is O=C1NC(c2cccc(Cl)c2)=NC2=CCCC12. The molecule has 0 saturated carbocycles. The monoisotopic (exact) mass is 246 g/mol. The number of hydrogen-bond donors (Lipinski definition) is 1. The standard InChI is InChI=1S/C13H11ClN2O/c14-9-4-1-3-8(7-9)12-15-11-6-2-5-10(11)13(17)16-12/h1,3-4,6-7,10H,2,5H2,(H,15,16,17). The number of hydrogen-bond acceptors (Lipinski definition) is 2. The van der Waals surface area contributed by atoms with Crippen LogP contribution in [0.25, 0.3) is 0 Å². The maximum atomic E-state index is 11.9. The molecule has 0 radical (unpaired) electrons. The van der Waals surface area contributed by atoms with Crippen molar-refractivity contribution in [3.05, 3.63) is 46.6 Å². The van der Waals surface area contributed by atoms with E-state index < -0.39 is 0 Å². The van der Waals surface area contributed by atoms with Crippen LogP contribution in [0, 0.1) is 5.92 Å². The Labute approximate surface area is 104 Å². The van der Waals surface area contributed by atoms with E-state index >= 15 is 0 Å². The molecule has 1 aliphatic carbocycles. The number of carbonyl (C=O) groups excluding carboxylic acids is 1. The predicted molar refractivity (Wildman–Crippen MR) is 66.9 cm³/mol. The molecule has 0 aromatic heterocycles. The van der Waals surface area contributed by atoms with Crippen LogP contribution in [-0.4, -0.2) is 11.7 Å². The lowest BCUT2D eigenvalue weighted by molar-refractivity contribution is -0.122. The van der Waals surface area contributed by atoms with Crippen LogP contribution in [0.4, 0.5) is 0 Å². The minimum Gasteiger partial charge on any atom is -0.310 e. The molecular formula is C13H11ClN2O. The maximum Gasteiger partial charge on any atom is 0.234 e. The Hall–Kier alpha value is -1.61. The quantitative estimate of drug-likeness (QED) is 0.813. The number of nitrogens with one attached hydrogen (secondary N) is 1. The molecule has 1 aliphatic heterocycles. The third-order valence-corrected chi connectivity index (χ3v) is 3.30. The number of fused-ring (bicyclic) bond motifs is 1. The first-order chi connectivity index (χ1) is 8.24. The van der Waals surface area contributed by atoms with E-state index in [0.29, 0.717) is 10.9 Å². The fourth-order valence-corrected chi connectivity index (χ4v) is 2.40. The van der Waals surface area contributed by atoms with Gasteiger partial charge in [0.2, 0.25) is 5.91 Å². The van der Waals surface area contributed by atoms with Gasteiger partial charge in [-0.2, -0.15) is 0 Å². The molecule has 17 heavy (non-hydrogen) atoms. The van der Waals surface area contributed by atoms with Crippen molar-refractivity contribution in [2.75, 3.05) is 0 Å². The van der Waals surface area contributed by atoms with Crippen LogP contribution in [0.2, 0.25) is 5.02 Å². The van der Waals surface area contributed by atoms with Gasteiger partial charge in [0.05, 0.1) is 11.6 Å². The van der Waals surface area contributed by atoms with E-state index in [4.69, 9.17) is 11.6 Å². The largest absolute Gasteiger partial charge is 0.310 e. The van der Waals surface area contributed by atoms with E-state index in [2.05, 4.69) is 10.3 Å². The number of carbonyl (C=O) groups is 1. The molecule has 0 fully saturated rings. The van der Waals surface area contributed by atoms with Crippen molar-refractivity contribution in [1.82, 2.24) is 5.32 Å². The van der Waals surface area contributed by atoms with Gasteiger partial charge in [-0.1, -0.05) is 29.8 Å². The molecule has 1 amide bonds. The Bertz CT molecular complexity index is 548. The zero-order valence-corrected chi connectivity index (χ0v) is 9.87. The molecule has 1 atom stereocenters. The third-order valence-electron chi connectivity index (χ3n) is 3.06. The Morgan fingerprint density at radius 2 is 2.29 bits per heavy atom. The van der Waals surface area contributed by atoms with E-state index in [1.807, 2.05) is 18.2 Å². The highest BCUT2D eigenvalue weighted by Crippen LogP contribution is 2.30. The first-order valence-electron chi connectivity index (χ1n) is 5.59. The summed E-state index contributed by atoms with van der Waals surface area (Å²) in [6, 6.07) is 7.34. The normalized spacial score (nSPS) is 22.6. The number of benzene rings is 1. The second kappa shape index (κ2) is 4.00. The van der Waals surface area contributed by atoms with Crippen LogP contribution in [0.3, 0.4) is 0 Å². The highest BCUT2D eigenvalue weighted by atomic mass is 35.5. The molecule has 1 aromatic rings. The first-order valence-corrected chi connectivity index (χ1v) is 5.97. The minimum atomic E-state index is -0.0575. The molecule has 1 unspecified atom stereocenters. The Morgan fingerprint density at radius 3 is 3.12 bits per heavy atom. The molecule has 3 nitrogen and oxygen atoms in total. The second-order valence-corrected chi connectivity index (χ2v) is 4.66. The molecule has 86 valence electrons. The molecule has 0 spiro atoms. The van der Waals surface area contributed by atoms with Crippen molar-refractivity contribution in [2.24, 2.45) is 10.9 Å². The summed E-state index contributed by atoms with van der Waals surface area (Å²) in [5.41, 5.74) is 1.74. The molecule has 1 N–H and O–H groups in total. The van der Waals surface area contributed by atoms with Crippen LogP contribution in [0.5, 0.6) is 0 Å². The topological polar surface area (TPSA) is 41.5 Å². The number of amidine groups is 1. The fourth-order valence-electron chi connectivity index (χ4n) is 2.21. The lowest BCUT2D eigenvalue weighted by atomic mass is 10.0. The van der Waals surface area contributed by atoms with Gasteiger partial charge < -0.3 is 5.32 Å². The van der Waals surface area contributed by atoms with Gasteiger partial charge in [0.25, 0.3) is 0 Å². The number of allylic oxidation sites excluding steroid dienone is 1. The van der Waals surface area contributed by atoms with Crippen molar-refractivity contribution in [1.29, 1.82) is 0 Å². The van der Waals surface area contributed by atoms with Crippen LogP contribution in [-0.2, 0) is 4.79 Å². The maximum absolute atomic E-state index is 11.9. The number of aliphatic imine (C=N–C) groups is 1. The lowest BCUT2D eigenvalue weighted by Crippen LogP contribution is -2.39. The van der Waals surface area contributed by atoms with Crippen molar-refractivity contribution in [2.45, 2.75) is 12.8 Å². The molecular weight excluding hydrogens is 236 g/mol. The molecule has 3 rings (SSSR count). The van der Waals surface area contributed by atoms with Crippen molar-refractivity contribution < 1.29 is 4.79 Å². The number of halogens is 1. The number of nitrogens with zero attached hydrogens (tertiary/aromatic N) is 1. The van der Waals surface area contributed by atoms with Crippen molar-refractivity contribution in [3.63, 3.8) is 0 Å². The van der Waals surface area contributed by atoms with Crippen LogP contribution >= 0.6 is 11.6 Å². The highest BCUT2D eigenvalue weighted by molar-refractivity contribution is 6.31. The smallest absolute Gasteiger partial charge is 0.234 e. The summed E-state index contributed by atoms with van der Waals surface area (Å²) in [7, 11) is 0. The van der Waals surface area contributed by atoms with Gasteiger partial charge in [-0.15, -0.1) is 0 Å². The summed E-state index contributed by atoms with van der Waals surface area (Å²) in [5.74, 6) is 0.582. The molecule has 4 heteroatoms. The van der Waals surface area contributed by atoms with Gasteiger partial charge in [-0.25, -0.2) is 4.99 Å². The Morgan fingerprint density at radius 1 is 1.41 bits per heavy atom. The molecule has 1 heterocycles. The average molecular weight is 247 g/mol. The fraction of sp³-hybridized carbons (Fsp3) is 0.231. The van der Waals surface area contributed by atoms with Crippen molar-refractivity contribution >= 4 is 23.3 Å². The summed E-state index contributed by atoms with van der Waals surface area (Å²) >= 11 is 5.93. The molecule has 1 aromatic carbocycles. The van der Waals surface area contributed by atoms with E-state index in [9.17, 15) is 4.79 Å². The van der Waals surface area contributed by atoms with E-state index in [1.54, 1.807) is 12.1 Å².